The van der Waals surface area contributed by atoms with E-state index >= 15 is 0 Å². The summed E-state index contributed by atoms with van der Waals surface area (Å²) in [5.41, 5.74) is 1.48. The summed E-state index contributed by atoms with van der Waals surface area (Å²) in [7, 11) is 0. The second-order valence-corrected chi connectivity index (χ2v) is 6.44. The van der Waals surface area contributed by atoms with Crippen molar-refractivity contribution in [1.82, 2.24) is 0 Å². The third kappa shape index (κ3) is 1.29. The number of rotatable bonds is 0. The maximum atomic E-state index is 2.33. The molecule has 3 rings (SSSR count). The maximum absolute atomic E-state index is 2.33. The Balaban J connectivity index is 2.42. The van der Waals surface area contributed by atoms with Crippen LogP contribution in [-0.4, -0.2) is 20.9 Å². The summed E-state index contributed by atoms with van der Waals surface area (Å²) < 4.78 is 2.94. The van der Waals surface area contributed by atoms with Gasteiger partial charge in [-0.2, -0.15) is 0 Å². The second-order valence-electron chi connectivity index (χ2n) is 3.41. The predicted octanol–water partition coefficient (Wildman–Crippen LogP) is 2.61. The standard InChI is InChI=1S/C13H10Te/c1-2-5-11-10(4-1)7-8-13-12(11)6-3-9-14-13/h1-8H,9H2. The van der Waals surface area contributed by atoms with Crippen molar-refractivity contribution in [2.45, 2.75) is 4.47 Å². The Labute approximate surface area is 93.7 Å². The van der Waals surface area contributed by atoms with Crippen molar-refractivity contribution in [3.05, 3.63) is 48.0 Å². The molecular formula is C13H10Te. The van der Waals surface area contributed by atoms with E-state index in [1.807, 2.05) is 0 Å². The van der Waals surface area contributed by atoms with Crippen molar-refractivity contribution in [3.63, 3.8) is 0 Å². The molecule has 0 N–H and O–H groups in total. The minimum atomic E-state index is 0.0592. The zero-order valence-corrected chi connectivity index (χ0v) is 10.1. The topological polar surface area (TPSA) is 0 Å². The van der Waals surface area contributed by atoms with Gasteiger partial charge in [-0.1, -0.05) is 0 Å². The van der Waals surface area contributed by atoms with Crippen LogP contribution in [0.25, 0.3) is 16.8 Å². The minimum absolute atomic E-state index is 0.0592. The van der Waals surface area contributed by atoms with E-state index in [9.17, 15) is 0 Å². The molecule has 0 radical (unpaired) electrons. The van der Waals surface area contributed by atoms with Crippen molar-refractivity contribution in [1.29, 1.82) is 0 Å². The number of hydrogen-bond acceptors (Lipinski definition) is 0. The van der Waals surface area contributed by atoms with Crippen LogP contribution in [0.4, 0.5) is 0 Å². The van der Waals surface area contributed by atoms with Gasteiger partial charge >= 0.3 is 93.9 Å². The van der Waals surface area contributed by atoms with E-state index < -0.39 is 0 Å². The van der Waals surface area contributed by atoms with Crippen LogP contribution in [0.5, 0.6) is 0 Å². The van der Waals surface area contributed by atoms with Gasteiger partial charge in [0.05, 0.1) is 0 Å². The summed E-state index contributed by atoms with van der Waals surface area (Å²) in [6.45, 7) is 0. The van der Waals surface area contributed by atoms with Gasteiger partial charge in [-0.05, 0) is 0 Å². The van der Waals surface area contributed by atoms with Gasteiger partial charge in [0, 0.05) is 0 Å². The normalized spacial score (nSPS) is 14.3. The first-order valence-corrected chi connectivity index (χ1v) is 7.57. The van der Waals surface area contributed by atoms with Crippen molar-refractivity contribution in [2.24, 2.45) is 0 Å². The zero-order valence-electron chi connectivity index (χ0n) is 7.73. The molecule has 0 amide bonds. The van der Waals surface area contributed by atoms with Crippen LogP contribution in [0, 0.1) is 0 Å². The number of fused-ring (bicyclic) bond motifs is 3. The molecule has 0 aliphatic carbocycles. The SMILES string of the molecule is C1=Cc2c(ccc3ccccc23)[Te]C1. The van der Waals surface area contributed by atoms with Crippen molar-refractivity contribution in [2.75, 3.05) is 0 Å². The van der Waals surface area contributed by atoms with Gasteiger partial charge in [-0.3, -0.25) is 0 Å². The molecule has 0 fully saturated rings. The van der Waals surface area contributed by atoms with E-state index in [4.69, 9.17) is 0 Å². The third-order valence-electron chi connectivity index (χ3n) is 2.55. The van der Waals surface area contributed by atoms with Crippen molar-refractivity contribution >= 4 is 41.4 Å². The molecule has 0 unspecified atom stereocenters. The molecule has 1 aliphatic heterocycles. The first kappa shape index (κ1) is 8.53. The van der Waals surface area contributed by atoms with E-state index in [1.54, 1.807) is 3.61 Å². The van der Waals surface area contributed by atoms with Gasteiger partial charge in [0.2, 0.25) is 0 Å². The Morgan fingerprint density at radius 2 is 1.93 bits per heavy atom. The van der Waals surface area contributed by atoms with Crippen molar-refractivity contribution < 1.29 is 0 Å². The molecule has 14 heavy (non-hydrogen) atoms. The molecule has 1 heterocycles. The van der Waals surface area contributed by atoms with E-state index in [-0.39, 0.29) is 20.9 Å². The Morgan fingerprint density at radius 3 is 2.93 bits per heavy atom. The molecule has 0 spiro atoms. The Bertz CT molecular complexity index is 512. The van der Waals surface area contributed by atoms with E-state index in [0.29, 0.717) is 0 Å². The predicted molar refractivity (Wildman–Crippen MR) is 63.2 cm³/mol. The molecule has 0 atom stereocenters. The van der Waals surface area contributed by atoms with Crippen LogP contribution < -0.4 is 3.61 Å². The average Bonchev–Trinajstić information content (AvgIpc) is 2.29. The summed E-state index contributed by atoms with van der Waals surface area (Å²) in [5, 5.41) is 2.79. The van der Waals surface area contributed by atoms with Gasteiger partial charge in [-0.25, -0.2) is 0 Å². The first-order valence-electron chi connectivity index (χ1n) is 4.76. The first-order chi connectivity index (χ1) is 6.95. The Kier molecular flexibility index (Phi) is 2.09. The average molecular weight is 294 g/mol. The van der Waals surface area contributed by atoms with Crippen LogP contribution >= 0.6 is 0 Å². The molecule has 0 saturated heterocycles. The molecule has 0 bridgehead atoms. The number of benzene rings is 2. The number of hydrogen-bond donors (Lipinski definition) is 0. The Morgan fingerprint density at radius 1 is 1.00 bits per heavy atom. The summed E-state index contributed by atoms with van der Waals surface area (Å²) >= 11 is 0.0592. The summed E-state index contributed by atoms with van der Waals surface area (Å²) in [6, 6.07) is 13.3. The molecule has 0 nitrogen and oxygen atoms in total. The van der Waals surface area contributed by atoms with Gasteiger partial charge in [-0.15, -0.1) is 0 Å². The summed E-state index contributed by atoms with van der Waals surface area (Å²) in [6.07, 6.45) is 4.63. The molecule has 68 valence electrons. The van der Waals surface area contributed by atoms with E-state index in [2.05, 4.69) is 48.6 Å². The van der Waals surface area contributed by atoms with Crippen LogP contribution in [0.3, 0.4) is 0 Å². The van der Waals surface area contributed by atoms with Crippen LogP contribution in [0.15, 0.2) is 42.5 Å². The van der Waals surface area contributed by atoms with Crippen molar-refractivity contribution in [3.8, 4) is 0 Å². The summed E-state index contributed by atoms with van der Waals surface area (Å²) in [5.74, 6) is 0. The molecule has 1 heteroatoms. The van der Waals surface area contributed by atoms with Crippen LogP contribution in [0.1, 0.15) is 5.56 Å². The van der Waals surface area contributed by atoms with Gasteiger partial charge in [0.1, 0.15) is 0 Å². The molecule has 0 saturated carbocycles. The molecule has 1 aliphatic rings. The zero-order chi connectivity index (χ0) is 9.38. The molecule has 2 aromatic rings. The van der Waals surface area contributed by atoms with Gasteiger partial charge in [0.15, 0.2) is 0 Å². The van der Waals surface area contributed by atoms with Crippen LogP contribution in [-0.2, 0) is 0 Å². The van der Waals surface area contributed by atoms with Gasteiger partial charge < -0.3 is 0 Å². The number of allylic oxidation sites excluding steroid dienone is 1. The monoisotopic (exact) mass is 296 g/mol. The molecular weight excluding hydrogens is 284 g/mol. The second kappa shape index (κ2) is 3.42. The van der Waals surface area contributed by atoms with E-state index in [1.165, 1.54) is 20.8 Å². The fourth-order valence-corrected chi connectivity index (χ4v) is 4.36. The Hall–Kier alpha value is -0.770. The van der Waals surface area contributed by atoms with Crippen LogP contribution in [0.2, 0.25) is 4.47 Å². The van der Waals surface area contributed by atoms with E-state index in [0.717, 1.165) is 0 Å². The molecule has 2 aromatic carbocycles. The third-order valence-corrected chi connectivity index (χ3v) is 5.48. The van der Waals surface area contributed by atoms with Gasteiger partial charge in [0.25, 0.3) is 0 Å². The fraction of sp³-hybridized carbons (Fsp3) is 0.0769. The molecule has 0 aromatic heterocycles. The fourth-order valence-electron chi connectivity index (χ4n) is 1.88. The quantitative estimate of drug-likeness (QED) is 0.655. The summed E-state index contributed by atoms with van der Waals surface area (Å²) in [4.78, 5) is 0.